The van der Waals surface area contributed by atoms with Crippen molar-refractivity contribution in [1.29, 1.82) is 5.26 Å². The molecule has 0 unspecified atom stereocenters. The highest BCUT2D eigenvalue weighted by molar-refractivity contribution is 5.84. The lowest BCUT2D eigenvalue weighted by Crippen LogP contribution is -2.27. The van der Waals surface area contributed by atoms with E-state index in [1.807, 2.05) is 0 Å². The Morgan fingerprint density at radius 2 is 2.18 bits per heavy atom. The van der Waals surface area contributed by atoms with E-state index >= 15 is 0 Å². The van der Waals surface area contributed by atoms with E-state index in [0.29, 0.717) is 5.69 Å². The summed E-state index contributed by atoms with van der Waals surface area (Å²) in [6.45, 7) is 5.21. The van der Waals surface area contributed by atoms with Gasteiger partial charge in [-0.3, -0.25) is 10.1 Å². The van der Waals surface area contributed by atoms with E-state index in [1.54, 1.807) is 26.8 Å². The van der Waals surface area contributed by atoms with Crippen LogP contribution in [0.4, 0.5) is 10.5 Å². The molecule has 90 valence electrons. The number of rotatable bonds is 1. The highest BCUT2D eigenvalue weighted by atomic mass is 16.6. The van der Waals surface area contributed by atoms with Gasteiger partial charge >= 0.3 is 6.09 Å². The van der Waals surface area contributed by atoms with Gasteiger partial charge in [-0.1, -0.05) is 0 Å². The van der Waals surface area contributed by atoms with Gasteiger partial charge in [0.15, 0.2) is 0 Å². The summed E-state index contributed by atoms with van der Waals surface area (Å²) in [5, 5.41) is 11.1. The number of aromatic nitrogens is 1. The molecule has 2 N–H and O–H groups in total. The van der Waals surface area contributed by atoms with Crippen molar-refractivity contribution in [3.8, 4) is 6.07 Å². The molecule has 0 spiro atoms. The molecular formula is C11H13N3O3. The Morgan fingerprint density at radius 1 is 1.53 bits per heavy atom. The van der Waals surface area contributed by atoms with Crippen molar-refractivity contribution in [2.24, 2.45) is 0 Å². The number of ether oxygens (including phenoxy) is 1. The van der Waals surface area contributed by atoms with Crippen LogP contribution in [0.1, 0.15) is 26.3 Å². The second-order valence-electron chi connectivity index (χ2n) is 4.37. The first-order valence-corrected chi connectivity index (χ1v) is 4.94. The first-order valence-electron chi connectivity index (χ1n) is 4.94. The highest BCUT2D eigenvalue weighted by Crippen LogP contribution is 2.10. The summed E-state index contributed by atoms with van der Waals surface area (Å²) in [5.41, 5.74) is -0.874. The molecule has 1 aromatic heterocycles. The van der Waals surface area contributed by atoms with Crippen LogP contribution in [0.15, 0.2) is 17.1 Å². The maximum atomic E-state index is 11.4. The average molecular weight is 235 g/mol. The number of H-pyrrole nitrogens is 1. The zero-order valence-corrected chi connectivity index (χ0v) is 9.83. The topological polar surface area (TPSA) is 95.0 Å². The number of hydrogen-bond donors (Lipinski definition) is 2. The molecule has 1 amide bonds. The second kappa shape index (κ2) is 4.70. The molecule has 6 nitrogen and oxygen atoms in total. The highest BCUT2D eigenvalue weighted by Gasteiger charge is 2.16. The van der Waals surface area contributed by atoms with Crippen molar-refractivity contribution < 1.29 is 9.53 Å². The van der Waals surface area contributed by atoms with Gasteiger partial charge in [0.25, 0.3) is 5.56 Å². The van der Waals surface area contributed by atoms with Crippen molar-refractivity contribution >= 4 is 11.8 Å². The summed E-state index contributed by atoms with van der Waals surface area (Å²) < 4.78 is 5.02. The molecule has 0 aliphatic carbocycles. The summed E-state index contributed by atoms with van der Waals surface area (Å²) in [6, 6.07) is 3.00. The van der Waals surface area contributed by atoms with Crippen LogP contribution in [0, 0.1) is 11.3 Å². The maximum absolute atomic E-state index is 11.4. The molecule has 0 aliphatic rings. The van der Waals surface area contributed by atoms with E-state index in [2.05, 4.69) is 10.3 Å². The normalized spacial score (nSPS) is 10.5. The monoisotopic (exact) mass is 235 g/mol. The van der Waals surface area contributed by atoms with Gasteiger partial charge in [-0.05, 0) is 26.8 Å². The minimum Gasteiger partial charge on any atom is -0.444 e. The van der Waals surface area contributed by atoms with Crippen LogP contribution in [0.2, 0.25) is 0 Å². The van der Waals surface area contributed by atoms with Crippen molar-refractivity contribution in [2.45, 2.75) is 26.4 Å². The van der Waals surface area contributed by atoms with E-state index < -0.39 is 17.3 Å². The molecule has 0 radical (unpaired) electrons. The summed E-state index contributed by atoms with van der Waals surface area (Å²) in [4.78, 5) is 24.8. The van der Waals surface area contributed by atoms with Gasteiger partial charge in [0, 0.05) is 6.20 Å². The van der Waals surface area contributed by atoms with Gasteiger partial charge in [-0.2, -0.15) is 5.26 Å². The van der Waals surface area contributed by atoms with E-state index in [4.69, 9.17) is 10.00 Å². The zero-order chi connectivity index (χ0) is 13.1. The molecule has 0 saturated heterocycles. The molecule has 17 heavy (non-hydrogen) atoms. The summed E-state index contributed by atoms with van der Waals surface area (Å²) in [7, 11) is 0. The predicted octanol–water partition coefficient (Wildman–Crippen LogP) is 1.59. The number of aromatic amines is 1. The largest absolute Gasteiger partial charge is 0.444 e. The summed E-state index contributed by atoms with van der Waals surface area (Å²) >= 11 is 0. The van der Waals surface area contributed by atoms with Crippen LogP contribution < -0.4 is 10.9 Å². The van der Waals surface area contributed by atoms with Gasteiger partial charge in [-0.15, -0.1) is 0 Å². The lowest BCUT2D eigenvalue weighted by molar-refractivity contribution is 0.0636. The van der Waals surface area contributed by atoms with E-state index in [-0.39, 0.29) is 5.56 Å². The Balaban J connectivity index is 2.80. The molecule has 1 rings (SSSR count). The van der Waals surface area contributed by atoms with Crippen LogP contribution in [0.5, 0.6) is 0 Å². The lowest BCUT2D eigenvalue weighted by Gasteiger charge is -2.19. The molecule has 1 heterocycles. The number of hydrogen-bond acceptors (Lipinski definition) is 4. The Kier molecular flexibility index (Phi) is 3.53. The number of nitrogens with one attached hydrogen (secondary N) is 2. The fraction of sp³-hybridized carbons (Fsp3) is 0.364. The molecule has 0 saturated carbocycles. The van der Waals surface area contributed by atoms with Crippen LogP contribution in [0.25, 0.3) is 0 Å². The first-order chi connectivity index (χ1) is 7.81. The van der Waals surface area contributed by atoms with Gasteiger partial charge in [0.1, 0.15) is 17.2 Å². The van der Waals surface area contributed by atoms with Crippen LogP contribution >= 0.6 is 0 Å². The van der Waals surface area contributed by atoms with Crippen molar-refractivity contribution in [2.75, 3.05) is 5.32 Å². The summed E-state index contributed by atoms with van der Waals surface area (Å²) in [6.07, 6.45) is 0.654. The fourth-order valence-corrected chi connectivity index (χ4v) is 1.06. The van der Waals surface area contributed by atoms with Gasteiger partial charge in [0.05, 0.1) is 5.69 Å². The molecule has 0 atom stereocenters. The van der Waals surface area contributed by atoms with Gasteiger partial charge in [-0.25, -0.2) is 4.79 Å². The number of pyridine rings is 1. The average Bonchev–Trinajstić information content (AvgIpc) is 2.18. The number of nitrogens with zero attached hydrogens (tertiary/aromatic N) is 1. The molecule has 6 heteroatoms. The predicted molar refractivity (Wildman–Crippen MR) is 61.6 cm³/mol. The van der Waals surface area contributed by atoms with Crippen LogP contribution in [0.3, 0.4) is 0 Å². The minimum absolute atomic E-state index is 0.0708. The van der Waals surface area contributed by atoms with E-state index in [9.17, 15) is 9.59 Å². The van der Waals surface area contributed by atoms with Crippen molar-refractivity contribution in [3.63, 3.8) is 0 Å². The SMILES string of the molecule is CC(C)(C)OC(=O)Nc1c[nH]c(=O)c(C#N)c1. The first kappa shape index (κ1) is 12.8. The lowest BCUT2D eigenvalue weighted by atomic mass is 10.2. The second-order valence-corrected chi connectivity index (χ2v) is 4.37. The van der Waals surface area contributed by atoms with Gasteiger partial charge in [0.2, 0.25) is 0 Å². The number of carbonyl (C=O) groups is 1. The molecule has 0 fully saturated rings. The smallest absolute Gasteiger partial charge is 0.412 e. The minimum atomic E-state index is -0.645. The zero-order valence-electron chi connectivity index (χ0n) is 9.83. The Morgan fingerprint density at radius 3 is 2.71 bits per heavy atom. The van der Waals surface area contributed by atoms with Crippen molar-refractivity contribution in [3.05, 3.63) is 28.2 Å². The number of amides is 1. The van der Waals surface area contributed by atoms with Crippen molar-refractivity contribution in [1.82, 2.24) is 4.98 Å². The summed E-state index contributed by atoms with van der Waals surface area (Å²) in [5.74, 6) is 0. The Labute approximate surface area is 98.2 Å². The maximum Gasteiger partial charge on any atom is 0.412 e. The Bertz CT molecular complexity index is 520. The van der Waals surface area contributed by atoms with Gasteiger partial charge < -0.3 is 9.72 Å². The standard InChI is InChI=1S/C11H13N3O3/c1-11(2,3)17-10(16)14-8-4-7(5-12)9(15)13-6-8/h4,6H,1-3H3,(H,13,15)(H,14,16). The third-order valence-corrected chi connectivity index (χ3v) is 1.67. The van der Waals surface area contributed by atoms with Crippen LogP contribution in [-0.2, 0) is 4.74 Å². The molecule has 0 aromatic carbocycles. The van der Waals surface area contributed by atoms with E-state index in [0.717, 1.165) is 0 Å². The molecule has 0 bridgehead atoms. The third-order valence-electron chi connectivity index (χ3n) is 1.67. The third kappa shape index (κ3) is 3.99. The van der Waals surface area contributed by atoms with Crippen LogP contribution in [-0.4, -0.2) is 16.7 Å². The van der Waals surface area contributed by atoms with E-state index in [1.165, 1.54) is 12.3 Å². The number of carbonyl (C=O) groups excluding carboxylic acids is 1. The number of anilines is 1. The molecule has 1 aromatic rings. The molecular weight excluding hydrogens is 222 g/mol. The quantitative estimate of drug-likeness (QED) is 0.772. The Hall–Kier alpha value is -2.29. The molecule has 0 aliphatic heterocycles. The fourth-order valence-electron chi connectivity index (χ4n) is 1.06. The number of nitriles is 1.